The molecule has 1 aliphatic rings. The molecule has 8 heteroatoms. The lowest BCUT2D eigenvalue weighted by molar-refractivity contribution is -0.118. The topological polar surface area (TPSA) is 54.9 Å². The summed E-state index contributed by atoms with van der Waals surface area (Å²) in [6.07, 6.45) is 0.197. The number of aromatic nitrogens is 1. The number of benzene rings is 2. The number of fused-ring (bicyclic) bond motifs is 2. The van der Waals surface area contributed by atoms with E-state index in [0.29, 0.717) is 35.2 Å². The van der Waals surface area contributed by atoms with Gasteiger partial charge in [0.05, 0.1) is 11.1 Å². The fourth-order valence-corrected chi connectivity index (χ4v) is 3.99. The highest BCUT2D eigenvalue weighted by atomic mass is 32.1. The lowest BCUT2D eigenvalue weighted by Gasteiger charge is -2.22. The zero-order chi connectivity index (χ0) is 19.7. The molecule has 0 bridgehead atoms. The van der Waals surface area contributed by atoms with Gasteiger partial charge in [-0.2, -0.15) is 0 Å². The molecule has 0 radical (unpaired) electrons. The SMILES string of the molecule is CN(C)CCN(C(=O)Cc1ccc2c(c1)OCO2)c1nc2c(F)cccc2s1. The second-order valence-electron chi connectivity index (χ2n) is 6.80. The third kappa shape index (κ3) is 3.79. The summed E-state index contributed by atoms with van der Waals surface area (Å²) in [5, 5.41) is 0.507. The molecule has 3 aromatic rings. The van der Waals surface area contributed by atoms with Gasteiger partial charge < -0.3 is 14.4 Å². The van der Waals surface area contributed by atoms with Crippen LogP contribution in [0.15, 0.2) is 36.4 Å². The molecule has 1 aromatic heterocycles. The van der Waals surface area contributed by atoms with Gasteiger partial charge in [-0.15, -0.1) is 0 Å². The van der Waals surface area contributed by atoms with E-state index >= 15 is 0 Å². The number of anilines is 1. The van der Waals surface area contributed by atoms with E-state index in [1.807, 2.05) is 43.3 Å². The van der Waals surface area contributed by atoms with Gasteiger partial charge in [0.2, 0.25) is 12.7 Å². The third-order valence-electron chi connectivity index (χ3n) is 4.45. The van der Waals surface area contributed by atoms with Gasteiger partial charge in [-0.05, 0) is 43.9 Å². The summed E-state index contributed by atoms with van der Waals surface area (Å²) in [4.78, 5) is 21.1. The van der Waals surface area contributed by atoms with Crippen molar-refractivity contribution in [1.29, 1.82) is 0 Å². The molecule has 0 N–H and O–H groups in total. The maximum atomic E-state index is 14.1. The number of amides is 1. The van der Waals surface area contributed by atoms with Crippen LogP contribution < -0.4 is 14.4 Å². The van der Waals surface area contributed by atoms with Gasteiger partial charge in [0.1, 0.15) is 11.3 Å². The number of thiazole rings is 1. The second kappa shape index (κ2) is 7.73. The quantitative estimate of drug-likeness (QED) is 0.634. The summed E-state index contributed by atoms with van der Waals surface area (Å²) in [7, 11) is 3.89. The number of ether oxygens (including phenoxy) is 2. The van der Waals surface area contributed by atoms with Crippen LogP contribution in [0.5, 0.6) is 11.5 Å². The summed E-state index contributed by atoms with van der Waals surface area (Å²) in [6.45, 7) is 1.34. The molecule has 28 heavy (non-hydrogen) atoms. The molecule has 1 aliphatic heterocycles. The van der Waals surface area contributed by atoms with Crippen molar-refractivity contribution in [3.8, 4) is 11.5 Å². The van der Waals surface area contributed by atoms with Crippen LogP contribution in [0.3, 0.4) is 0 Å². The molecule has 0 saturated heterocycles. The molecule has 1 amide bonds. The van der Waals surface area contributed by atoms with Crippen molar-refractivity contribution < 1.29 is 18.7 Å². The van der Waals surface area contributed by atoms with Crippen molar-refractivity contribution in [2.45, 2.75) is 6.42 Å². The Kier molecular flexibility index (Phi) is 5.15. The van der Waals surface area contributed by atoms with Crippen molar-refractivity contribution in [3.63, 3.8) is 0 Å². The average molecular weight is 401 g/mol. The summed E-state index contributed by atoms with van der Waals surface area (Å²) in [5.74, 6) is 0.852. The summed E-state index contributed by atoms with van der Waals surface area (Å²) in [6, 6.07) is 10.3. The van der Waals surface area contributed by atoms with E-state index in [9.17, 15) is 9.18 Å². The van der Waals surface area contributed by atoms with Crippen LogP contribution >= 0.6 is 11.3 Å². The van der Waals surface area contributed by atoms with Crippen molar-refractivity contribution in [2.24, 2.45) is 0 Å². The minimum Gasteiger partial charge on any atom is -0.454 e. The number of carbonyl (C=O) groups excluding carboxylic acids is 1. The van der Waals surface area contributed by atoms with Gasteiger partial charge in [-0.25, -0.2) is 9.37 Å². The number of hydrogen-bond donors (Lipinski definition) is 0. The predicted molar refractivity (Wildman–Crippen MR) is 107 cm³/mol. The molecular weight excluding hydrogens is 381 g/mol. The lowest BCUT2D eigenvalue weighted by Crippen LogP contribution is -2.37. The number of nitrogens with zero attached hydrogens (tertiary/aromatic N) is 3. The Labute approximate surface area is 166 Å². The monoisotopic (exact) mass is 401 g/mol. The zero-order valence-corrected chi connectivity index (χ0v) is 16.5. The van der Waals surface area contributed by atoms with E-state index < -0.39 is 0 Å². The Morgan fingerprint density at radius 2 is 2.00 bits per heavy atom. The first kappa shape index (κ1) is 18.6. The smallest absolute Gasteiger partial charge is 0.233 e. The maximum Gasteiger partial charge on any atom is 0.233 e. The van der Waals surface area contributed by atoms with E-state index in [-0.39, 0.29) is 24.9 Å². The largest absolute Gasteiger partial charge is 0.454 e. The highest BCUT2D eigenvalue weighted by molar-refractivity contribution is 7.22. The fourth-order valence-electron chi connectivity index (χ4n) is 2.97. The standard InChI is InChI=1S/C20H20FN3O3S/c1-23(2)8-9-24(20-22-19-14(21)4-3-5-17(19)28-20)18(25)11-13-6-7-15-16(10-13)27-12-26-15/h3-7,10H,8-9,11-12H2,1-2H3. The van der Waals surface area contributed by atoms with Gasteiger partial charge in [0, 0.05) is 13.1 Å². The number of hydrogen-bond acceptors (Lipinski definition) is 6. The molecule has 0 fully saturated rings. The van der Waals surface area contributed by atoms with Crippen molar-refractivity contribution >= 4 is 32.6 Å². The van der Waals surface area contributed by atoms with Gasteiger partial charge >= 0.3 is 0 Å². The highest BCUT2D eigenvalue weighted by Gasteiger charge is 2.22. The first-order valence-electron chi connectivity index (χ1n) is 8.90. The average Bonchev–Trinajstić information content (AvgIpc) is 3.28. The molecule has 0 saturated carbocycles. The van der Waals surface area contributed by atoms with E-state index in [2.05, 4.69) is 4.98 Å². The number of halogens is 1. The molecule has 146 valence electrons. The van der Waals surface area contributed by atoms with Gasteiger partial charge in [-0.1, -0.05) is 23.5 Å². The molecule has 0 atom stereocenters. The molecule has 0 spiro atoms. The van der Waals surface area contributed by atoms with Crippen LogP contribution in [0.4, 0.5) is 9.52 Å². The first-order chi connectivity index (χ1) is 13.5. The van der Waals surface area contributed by atoms with Crippen LogP contribution in [0, 0.1) is 5.82 Å². The molecule has 0 unspecified atom stereocenters. The van der Waals surface area contributed by atoms with Crippen LogP contribution in [0.2, 0.25) is 0 Å². The van der Waals surface area contributed by atoms with Crippen LogP contribution in [0.25, 0.3) is 10.2 Å². The van der Waals surface area contributed by atoms with Gasteiger partial charge in [0.15, 0.2) is 16.6 Å². The highest BCUT2D eigenvalue weighted by Crippen LogP contribution is 2.34. The van der Waals surface area contributed by atoms with Crippen molar-refractivity contribution in [2.75, 3.05) is 38.9 Å². The Balaban J connectivity index is 1.61. The van der Waals surface area contributed by atoms with E-state index in [0.717, 1.165) is 10.3 Å². The second-order valence-corrected chi connectivity index (χ2v) is 7.81. The first-order valence-corrected chi connectivity index (χ1v) is 9.71. The fraction of sp³-hybridized carbons (Fsp3) is 0.300. The van der Waals surface area contributed by atoms with Crippen molar-refractivity contribution in [1.82, 2.24) is 9.88 Å². The van der Waals surface area contributed by atoms with Gasteiger partial charge in [-0.3, -0.25) is 9.69 Å². The molecule has 2 aromatic carbocycles. The molecule has 6 nitrogen and oxygen atoms in total. The zero-order valence-electron chi connectivity index (χ0n) is 15.6. The van der Waals surface area contributed by atoms with Crippen molar-refractivity contribution in [3.05, 3.63) is 47.8 Å². The van der Waals surface area contributed by atoms with Crippen LogP contribution in [-0.4, -0.2) is 49.8 Å². The number of rotatable bonds is 6. The molecule has 0 aliphatic carbocycles. The molecule has 4 rings (SSSR count). The number of para-hydroxylation sites is 1. The van der Waals surface area contributed by atoms with E-state index in [1.165, 1.54) is 17.4 Å². The Hall–Kier alpha value is -2.71. The van der Waals surface area contributed by atoms with Crippen LogP contribution in [-0.2, 0) is 11.2 Å². The molecule has 2 heterocycles. The predicted octanol–water partition coefficient (Wildman–Crippen LogP) is 3.30. The lowest BCUT2D eigenvalue weighted by atomic mass is 10.1. The third-order valence-corrected chi connectivity index (χ3v) is 5.50. The minimum absolute atomic E-state index is 0.0971. The van der Waals surface area contributed by atoms with E-state index in [4.69, 9.17) is 9.47 Å². The van der Waals surface area contributed by atoms with Crippen LogP contribution in [0.1, 0.15) is 5.56 Å². The Morgan fingerprint density at radius 3 is 2.79 bits per heavy atom. The van der Waals surface area contributed by atoms with E-state index in [1.54, 1.807) is 11.0 Å². The van der Waals surface area contributed by atoms with Gasteiger partial charge in [0.25, 0.3) is 0 Å². The summed E-state index contributed by atoms with van der Waals surface area (Å²) < 4.78 is 25.5. The summed E-state index contributed by atoms with van der Waals surface area (Å²) >= 11 is 1.32. The molecular formula is C20H20FN3O3S. The maximum absolute atomic E-state index is 14.1. The Bertz CT molecular complexity index is 1020. The normalized spacial score (nSPS) is 12.7. The number of likely N-dealkylation sites (N-methyl/N-ethyl adjacent to an activating group) is 1. The number of carbonyl (C=O) groups is 1. The Morgan fingerprint density at radius 1 is 1.18 bits per heavy atom. The summed E-state index contributed by atoms with van der Waals surface area (Å²) in [5.41, 5.74) is 1.13. The minimum atomic E-state index is -0.379.